The molecule has 1 fully saturated rings. The first-order valence-corrected chi connectivity index (χ1v) is 13.1. The zero-order valence-corrected chi connectivity index (χ0v) is 23.2. The van der Waals surface area contributed by atoms with Crippen LogP contribution in [0.2, 0.25) is 10.0 Å². The van der Waals surface area contributed by atoms with Gasteiger partial charge in [-0.15, -0.1) is 0 Å². The molecule has 0 spiro atoms. The fourth-order valence-corrected chi connectivity index (χ4v) is 3.59. The lowest BCUT2D eigenvalue weighted by atomic mass is 10.2. The molecule has 2 heterocycles. The molecule has 1 aromatic carbocycles. The molecule has 0 aliphatic heterocycles. The molecule has 1 amide bonds. The smallest absolute Gasteiger partial charge is 0.387 e. The Balaban J connectivity index is 0.00000121. The van der Waals surface area contributed by atoms with Crippen LogP contribution >= 0.6 is 23.2 Å². The van der Waals surface area contributed by atoms with Gasteiger partial charge in [0.15, 0.2) is 23.0 Å². The SMILES string of the molecule is CC.CC.NCc1oc(-c2ccc(OC(F)F)c(OCC3CC3)c2)nc1C(=O)NCc1c(Cl)cncc1Cl. The number of oxazole rings is 1. The van der Waals surface area contributed by atoms with E-state index in [1.165, 1.54) is 30.6 Å². The molecular formula is C26H32Cl2F2N4O4. The van der Waals surface area contributed by atoms with Crippen molar-refractivity contribution in [2.75, 3.05) is 6.61 Å². The van der Waals surface area contributed by atoms with Gasteiger partial charge in [0.1, 0.15) is 0 Å². The number of nitrogens with one attached hydrogen (secondary N) is 1. The van der Waals surface area contributed by atoms with Crippen molar-refractivity contribution in [1.82, 2.24) is 15.3 Å². The number of ether oxygens (including phenoxy) is 2. The molecule has 208 valence electrons. The minimum Gasteiger partial charge on any atom is -0.489 e. The van der Waals surface area contributed by atoms with Gasteiger partial charge in [0.05, 0.1) is 23.2 Å². The van der Waals surface area contributed by atoms with Crippen molar-refractivity contribution in [2.24, 2.45) is 11.7 Å². The highest BCUT2D eigenvalue weighted by molar-refractivity contribution is 6.35. The summed E-state index contributed by atoms with van der Waals surface area (Å²) in [7, 11) is 0. The van der Waals surface area contributed by atoms with Crippen LogP contribution in [0.15, 0.2) is 35.0 Å². The molecule has 0 unspecified atom stereocenters. The summed E-state index contributed by atoms with van der Waals surface area (Å²) < 4.78 is 41.5. The molecule has 0 atom stereocenters. The fraction of sp³-hybridized carbons (Fsp3) is 0.423. The molecule has 8 nitrogen and oxygen atoms in total. The number of pyridine rings is 1. The van der Waals surface area contributed by atoms with Gasteiger partial charge in [-0.1, -0.05) is 50.9 Å². The van der Waals surface area contributed by atoms with Crippen molar-refractivity contribution in [3.63, 3.8) is 0 Å². The van der Waals surface area contributed by atoms with Gasteiger partial charge in [0.25, 0.3) is 5.91 Å². The molecule has 1 aliphatic carbocycles. The molecule has 0 saturated heterocycles. The average molecular weight is 573 g/mol. The summed E-state index contributed by atoms with van der Waals surface area (Å²) in [6, 6.07) is 4.29. The molecule has 2 aromatic heterocycles. The molecule has 1 saturated carbocycles. The number of rotatable bonds is 10. The average Bonchev–Trinajstić information content (AvgIpc) is 3.65. The van der Waals surface area contributed by atoms with Crippen LogP contribution in [-0.2, 0) is 13.1 Å². The lowest BCUT2D eigenvalue weighted by Crippen LogP contribution is -2.25. The summed E-state index contributed by atoms with van der Waals surface area (Å²) in [6.45, 7) is 5.32. The minimum atomic E-state index is -3.00. The highest BCUT2D eigenvalue weighted by Crippen LogP contribution is 2.36. The highest BCUT2D eigenvalue weighted by Gasteiger charge is 2.25. The molecule has 12 heteroatoms. The summed E-state index contributed by atoms with van der Waals surface area (Å²) in [5.74, 6) is 0.0890. The van der Waals surface area contributed by atoms with Crippen LogP contribution in [0.25, 0.3) is 11.5 Å². The fourth-order valence-electron chi connectivity index (χ4n) is 3.09. The first-order chi connectivity index (χ1) is 18.4. The number of amides is 1. The number of aromatic nitrogens is 2. The van der Waals surface area contributed by atoms with Crippen LogP contribution in [0.1, 0.15) is 62.3 Å². The molecule has 38 heavy (non-hydrogen) atoms. The number of hydrogen-bond acceptors (Lipinski definition) is 7. The van der Waals surface area contributed by atoms with Gasteiger partial charge < -0.3 is 24.9 Å². The Hall–Kier alpha value is -2.95. The Bertz CT molecular complexity index is 1170. The second-order valence-electron chi connectivity index (χ2n) is 7.55. The lowest BCUT2D eigenvalue weighted by Gasteiger charge is -2.12. The van der Waals surface area contributed by atoms with E-state index < -0.39 is 12.5 Å². The van der Waals surface area contributed by atoms with Crippen molar-refractivity contribution >= 4 is 29.1 Å². The Morgan fingerprint density at radius 1 is 1.16 bits per heavy atom. The largest absolute Gasteiger partial charge is 0.489 e. The molecular weight excluding hydrogens is 541 g/mol. The second-order valence-corrected chi connectivity index (χ2v) is 8.37. The van der Waals surface area contributed by atoms with Gasteiger partial charge in [-0.3, -0.25) is 9.78 Å². The van der Waals surface area contributed by atoms with Crippen molar-refractivity contribution in [3.05, 3.63) is 57.7 Å². The van der Waals surface area contributed by atoms with E-state index in [2.05, 4.69) is 20.0 Å². The molecule has 0 bridgehead atoms. The molecule has 1 aliphatic rings. The lowest BCUT2D eigenvalue weighted by molar-refractivity contribution is -0.0515. The van der Waals surface area contributed by atoms with Gasteiger partial charge >= 0.3 is 6.61 Å². The molecule has 4 rings (SSSR count). The van der Waals surface area contributed by atoms with Crippen LogP contribution in [0, 0.1) is 5.92 Å². The predicted octanol–water partition coefficient (Wildman–Crippen LogP) is 6.87. The maximum atomic E-state index is 12.8. The number of hydrogen-bond donors (Lipinski definition) is 2. The topological polar surface area (TPSA) is 113 Å². The summed E-state index contributed by atoms with van der Waals surface area (Å²) >= 11 is 12.2. The van der Waals surface area contributed by atoms with E-state index in [1.54, 1.807) is 0 Å². The normalized spacial score (nSPS) is 12.2. The molecule has 3 N–H and O–H groups in total. The summed E-state index contributed by atoms with van der Waals surface area (Å²) in [6.07, 6.45) is 4.88. The van der Waals surface area contributed by atoms with E-state index in [0.29, 0.717) is 33.7 Å². The number of nitrogens with two attached hydrogens (primary N) is 1. The Morgan fingerprint density at radius 3 is 2.39 bits per heavy atom. The third-order valence-electron chi connectivity index (χ3n) is 5.05. The molecule has 0 radical (unpaired) electrons. The van der Waals surface area contributed by atoms with Crippen LogP contribution in [0.5, 0.6) is 11.5 Å². The zero-order chi connectivity index (χ0) is 28.2. The first kappa shape index (κ1) is 31.3. The number of carbonyl (C=O) groups is 1. The predicted molar refractivity (Wildman–Crippen MR) is 143 cm³/mol. The van der Waals surface area contributed by atoms with Crippen molar-refractivity contribution in [3.8, 4) is 23.0 Å². The molecule has 3 aromatic rings. The van der Waals surface area contributed by atoms with Gasteiger partial charge in [-0.2, -0.15) is 8.78 Å². The first-order valence-electron chi connectivity index (χ1n) is 12.3. The Labute approximate surface area is 230 Å². The maximum Gasteiger partial charge on any atom is 0.387 e. The van der Waals surface area contributed by atoms with E-state index in [9.17, 15) is 13.6 Å². The minimum absolute atomic E-state index is 0.0212. The number of halogens is 4. The van der Waals surface area contributed by atoms with Gasteiger partial charge in [-0.25, -0.2) is 4.98 Å². The third kappa shape index (κ3) is 8.54. The summed E-state index contributed by atoms with van der Waals surface area (Å²) in [5, 5.41) is 3.28. The van der Waals surface area contributed by atoms with Crippen molar-refractivity contribution in [2.45, 2.75) is 60.2 Å². The quantitative estimate of drug-likeness (QED) is 0.272. The van der Waals surface area contributed by atoms with E-state index >= 15 is 0 Å². The summed E-state index contributed by atoms with van der Waals surface area (Å²) in [4.78, 5) is 20.9. The van der Waals surface area contributed by atoms with Gasteiger partial charge in [0, 0.05) is 30.1 Å². The Kier molecular flexibility index (Phi) is 12.7. The number of nitrogens with zero attached hydrogens (tertiary/aromatic N) is 2. The highest BCUT2D eigenvalue weighted by atomic mass is 35.5. The van der Waals surface area contributed by atoms with E-state index in [-0.39, 0.29) is 41.9 Å². The van der Waals surface area contributed by atoms with Crippen LogP contribution in [0.3, 0.4) is 0 Å². The number of alkyl halides is 2. The van der Waals surface area contributed by atoms with Crippen LogP contribution < -0.4 is 20.5 Å². The number of benzene rings is 1. The summed E-state index contributed by atoms with van der Waals surface area (Å²) in [5.41, 5.74) is 6.62. The standard InChI is InChI=1S/C22H20Cl2F2N4O4.2C2H6/c23-14-8-28-9-15(24)13(14)7-29-20(31)19-18(6-27)33-21(30-19)12-3-4-16(34-22(25)26)17(5-12)32-10-11-1-2-11;2*1-2/h3-5,8-9,11,22H,1-2,6-7,10,27H2,(H,29,31);2*1-2H3. The maximum absolute atomic E-state index is 12.8. The van der Waals surface area contributed by atoms with E-state index in [1.807, 2.05) is 27.7 Å². The number of carbonyl (C=O) groups excluding carboxylic acids is 1. The second kappa shape index (κ2) is 15.5. The monoisotopic (exact) mass is 572 g/mol. The van der Waals surface area contributed by atoms with Crippen LogP contribution in [0.4, 0.5) is 8.78 Å². The Morgan fingerprint density at radius 2 is 1.82 bits per heavy atom. The van der Waals surface area contributed by atoms with Crippen LogP contribution in [-0.4, -0.2) is 29.1 Å². The van der Waals surface area contributed by atoms with E-state index in [4.69, 9.17) is 38.1 Å². The van der Waals surface area contributed by atoms with Gasteiger partial charge in [-0.05, 0) is 37.0 Å². The third-order valence-corrected chi connectivity index (χ3v) is 5.71. The van der Waals surface area contributed by atoms with Crippen molar-refractivity contribution < 1.29 is 27.5 Å². The zero-order valence-electron chi connectivity index (χ0n) is 21.7. The van der Waals surface area contributed by atoms with Crippen molar-refractivity contribution in [1.29, 1.82) is 0 Å². The van der Waals surface area contributed by atoms with Gasteiger partial charge in [0.2, 0.25) is 5.89 Å². The van der Waals surface area contributed by atoms with E-state index in [0.717, 1.165) is 12.8 Å².